The van der Waals surface area contributed by atoms with Gasteiger partial charge in [-0.1, -0.05) is 51.5 Å². The second-order valence-corrected chi connectivity index (χ2v) is 8.05. The summed E-state index contributed by atoms with van der Waals surface area (Å²) in [5, 5.41) is 3.73. The van der Waals surface area contributed by atoms with Crippen LogP contribution in [0.1, 0.15) is 70.4 Å². The summed E-state index contributed by atoms with van der Waals surface area (Å²) in [6.45, 7) is 10.6. The van der Waals surface area contributed by atoms with E-state index in [0.29, 0.717) is 17.3 Å². The van der Waals surface area contributed by atoms with E-state index in [-0.39, 0.29) is 0 Å². The van der Waals surface area contributed by atoms with Gasteiger partial charge >= 0.3 is 0 Å². The first-order valence-corrected chi connectivity index (χ1v) is 9.04. The molecule has 22 heavy (non-hydrogen) atoms. The van der Waals surface area contributed by atoms with Crippen molar-refractivity contribution in [3.8, 4) is 0 Å². The molecule has 120 valence electrons. The SMILES string of the molecule is CC(C)c1ccc2c(c1)NCC(C(C)(C)C1=CCCCC1)C2. The molecule has 1 aliphatic carbocycles. The Morgan fingerprint density at radius 3 is 2.68 bits per heavy atom. The van der Waals surface area contributed by atoms with E-state index in [1.165, 1.54) is 48.9 Å². The molecule has 2 aliphatic rings. The molecule has 1 aromatic carbocycles. The van der Waals surface area contributed by atoms with Crippen molar-refractivity contribution in [1.82, 2.24) is 0 Å². The lowest BCUT2D eigenvalue weighted by Gasteiger charge is -2.41. The zero-order valence-corrected chi connectivity index (χ0v) is 14.7. The quantitative estimate of drug-likeness (QED) is 0.683. The summed E-state index contributed by atoms with van der Waals surface area (Å²) in [7, 11) is 0. The predicted octanol–water partition coefficient (Wildman–Crippen LogP) is 5.92. The van der Waals surface area contributed by atoms with Crippen molar-refractivity contribution in [2.24, 2.45) is 11.3 Å². The molecule has 1 aliphatic heterocycles. The first-order valence-electron chi connectivity index (χ1n) is 9.04. The van der Waals surface area contributed by atoms with Gasteiger partial charge in [0.05, 0.1) is 0 Å². The highest BCUT2D eigenvalue weighted by Gasteiger charge is 2.35. The van der Waals surface area contributed by atoms with Gasteiger partial charge in [-0.15, -0.1) is 0 Å². The maximum atomic E-state index is 3.73. The fourth-order valence-corrected chi connectivity index (χ4v) is 4.06. The van der Waals surface area contributed by atoms with E-state index < -0.39 is 0 Å². The highest BCUT2D eigenvalue weighted by Crippen LogP contribution is 2.44. The Bertz CT molecular complexity index is 565. The smallest absolute Gasteiger partial charge is 0.0375 e. The van der Waals surface area contributed by atoms with Gasteiger partial charge in [0.25, 0.3) is 0 Å². The summed E-state index contributed by atoms with van der Waals surface area (Å²) < 4.78 is 0. The van der Waals surface area contributed by atoms with Crippen LogP contribution >= 0.6 is 0 Å². The molecule has 0 aromatic heterocycles. The molecular weight excluding hydrogens is 266 g/mol. The molecule has 1 N–H and O–H groups in total. The summed E-state index contributed by atoms with van der Waals surface area (Å²) in [6, 6.07) is 7.04. The Morgan fingerprint density at radius 2 is 2.00 bits per heavy atom. The molecule has 1 nitrogen and oxygen atoms in total. The second-order valence-electron chi connectivity index (χ2n) is 8.05. The number of nitrogens with one attached hydrogen (secondary N) is 1. The van der Waals surface area contributed by atoms with Gasteiger partial charge in [-0.25, -0.2) is 0 Å². The summed E-state index contributed by atoms with van der Waals surface area (Å²) in [4.78, 5) is 0. The number of fused-ring (bicyclic) bond motifs is 1. The number of hydrogen-bond acceptors (Lipinski definition) is 1. The van der Waals surface area contributed by atoms with Gasteiger partial charge in [0.2, 0.25) is 0 Å². The average Bonchev–Trinajstić information content (AvgIpc) is 2.54. The van der Waals surface area contributed by atoms with Crippen molar-refractivity contribution in [2.75, 3.05) is 11.9 Å². The van der Waals surface area contributed by atoms with Gasteiger partial charge in [0.1, 0.15) is 0 Å². The van der Waals surface area contributed by atoms with Gasteiger partial charge in [-0.05, 0) is 66.5 Å². The first-order chi connectivity index (χ1) is 10.5. The molecule has 1 unspecified atom stereocenters. The fourth-order valence-electron chi connectivity index (χ4n) is 4.06. The van der Waals surface area contributed by atoms with E-state index in [4.69, 9.17) is 0 Å². The molecular formula is C21H31N. The average molecular weight is 297 g/mol. The lowest BCUT2D eigenvalue weighted by molar-refractivity contribution is 0.258. The van der Waals surface area contributed by atoms with Gasteiger partial charge < -0.3 is 5.32 Å². The Kier molecular flexibility index (Phi) is 4.34. The van der Waals surface area contributed by atoms with E-state index >= 15 is 0 Å². The summed E-state index contributed by atoms with van der Waals surface area (Å²) in [5.74, 6) is 1.31. The van der Waals surface area contributed by atoms with Crippen molar-refractivity contribution in [3.05, 3.63) is 41.0 Å². The van der Waals surface area contributed by atoms with E-state index in [1.807, 2.05) is 0 Å². The topological polar surface area (TPSA) is 12.0 Å². The van der Waals surface area contributed by atoms with Gasteiger partial charge in [-0.2, -0.15) is 0 Å². The van der Waals surface area contributed by atoms with Crippen LogP contribution in [-0.4, -0.2) is 6.54 Å². The first kappa shape index (κ1) is 15.6. The highest BCUT2D eigenvalue weighted by atomic mass is 14.9. The Labute approximate surface area is 136 Å². The Hall–Kier alpha value is -1.24. The van der Waals surface area contributed by atoms with Crippen LogP contribution < -0.4 is 5.32 Å². The second kappa shape index (κ2) is 6.10. The third-order valence-corrected chi connectivity index (χ3v) is 5.95. The summed E-state index contributed by atoms with van der Waals surface area (Å²) in [6.07, 6.45) is 9.09. The third kappa shape index (κ3) is 2.95. The van der Waals surface area contributed by atoms with Crippen LogP contribution in [0.5, 0.6) is 0 Å². The number of anilines is 1. The number of rotatable bonds is 3. The van der Waals surface area contributed by atoms with Gasteiger partial charge in [-0.3, -0.25) is 0 Å². The zero-order chi connectivity index (χ0) is 15.7. The van der Waals surface area contributed by atoms with Crippen LogP contribution in [0.4, 0.5) is 5.69 Å². The van der Waals surface area contributed by atoms with Crippen molar-refractivity contribution < 1.29 is 0 Å². The number of hydrogen-bond donors (Lipinski definition) is 1. The Balaban J connectivity index is 1.80. The van der Waals surface area contributed by atoms with Crippen molar-refractivity contribution in [2.45, 2.75) is 65.7 Å². The largest absolute Gasteiger partial charge is 0.384 e. The third-order valence-electron chi connectivity index (χ3n) is 5.95. The lowest BCUT2D eigenvalue weighted by atomic mass is 9.67. The maximum Gasteiger partial charge on any atom is 0.0375 e. The molecule has 0 saturated heterocycles. The van der Waals surface area contributed by atoms with Gasteiger partial charge in [0, 0.05) is 12.2 Å². The zero-order valence-electron chi connectivity index (χ0n) is 14.7. The Morgan fingerprint density at radius 1 is 1.18 bits per heavy atom. The van der Waals surface area contributed by atoms with E-state index in [2.05, 4.69) is 57.3 Å². The molecule has 1 atom stereocenters. The molecule has 3 rings (SSSR count). The van der Waals surface area contributed by atoms with Crippen molar-refractivity contribution in [1.29, 1.82) is 0 Å². The number of allylic oxidation sites excluding steroid dienone is 2. The minimum absolute atomic E-state index is 0.321. The number of benzene rings is 1. The van der Waals surface area contributed by atoms with Crippen LogP contribution in [0.3, 0.4) is 0 Å². The maximum absolute atomic E-state index is 3.73. The van der Waals surface area contributed by atoms with E-state index in [9.17, 15) is 0 Å². The molecule has 0 amide bonds. The van der Waals surface area contributed by atoms with Crippen LogP contribution in [0.15, 0.2) is 29.8 Å². The molecule has 0 bridgehead atoms. The lowest BCUT2D eigenvalue weighted by Crippen LogP contribution is -2.36. The minimum Gasteiger partial charge on any atom is -0.384 e. The van der Waals surface area contributed by atoms with Crippen LogP contribution in [0, 0.1) is 11.3 Å². The van der Waals surface area contributed by atoms with Crippen molar-refractivity contribution >= 4 is 5.69 Å². The normalized spacial score (nSPS) is 22.0. The molecule has 1 heterocycles. The standard InChI is InChI=1S/C21H31N/c1-15(2)16-10-11-17-12-19(14-22-20(17)13-16)21(3,4)18-8-6-5-7-9-18/h8,10-11,13,15,19,22H,5-7,9,12,14H2,1-4H3. The van der Waals surface area contributed by atoms with E-state index in [1.54, 1.807) is 5.57 Å². The highest BCUT2D eigenvalue weighted by molar-refractivity contribution is 5.56. The van der Waals surface area contributed by atoms with Crippen LogP contribution in [0.25, 0.3) is 0 Å². The molecule has 1 aromatic rings. The van der Waals surface area contributed by atoms with Crippen LogP contribution in [0.2, 0.25) is 0 Å². The fraction of sp³-hybridized carbons (Fsp3) is 0.619. The minimum atomic E-state index is 0.321. The molecule has 0 spiro atoms. The predicted molar refractivity (Wildman–Crippen MR) is 96.5 cm³/mol. The molecule has 0 fully saturated rings. The summed E-state index contributed by atoms with van der Waals surface area (Å²) >= 11 is 0. The summed E-state index contributed by atoms with van der Waals surface area (Å²) in [5.41, 5.74) is 6.34. The monoisotopic (exact) mass is 297 g/mol. The van der Waals surface area contributed by atoms with Crippen molar-refractivity contribution in [3.63, 3.8) is 0 Å². The molecule has 0 saturated carbocycles. The molecule has 1 heteroatoms. The van der Waals surface area contributed by atoms with Crippen LogP contribution in [-0.2, 0) is 6.42 Å². The molecule has 0 radical (unpaired) electrons. The van der Waals surface area contributed by atoms with Gasteiger partial charge in [0.15, 0.2) is 0 Å². The van der Waals surface area contributed by atoms with E-state index in [0.717, 1.165) is 6.54 Å².